The quantitative estimate of drug-likeness (QED) is 0.547. The van der Waals surface area contributed by atoms with Gasteiger partial charge in [0.15, 0.2) is 5.82 Å². The number of aryl methyl sites for hydroxylation is 2. The van der Waals surface area contributed by atoms with E-state index in [4.69, 9.17) is 10.7 Å². The molecule has 3 heterocycles. The number of amides is 1. The highest BCUT2D eigenvalue weighted by molar-refractivity contribution is 5.98. The third kappa shape index (κ3) is 2.99. The first-order chi connectivity index (χ1) is 14.6. The standard InChI is InChI=1S/C24H27N5O/c1-3-17-18-8-4-5-9-19(18)26-22(17)23-27-20-13-15(10-11-21(20)28(23)2)24(30)29-12-6-7-16(25)14-29/h4-5,8-11,13,16,26H,3,6-7,12,14,25H2,1-2H3/t16-/m1/s1. The van der Waals surface area contributed by atoms with Crippen molar-refractivity contribution in [1.29, 1.82) is 0 Å². The van der Waals surface area contributed by atoms with E-state index in [0.717, 1.165) is 53.9 Å². The molecule has 1 saturated heterocycles. The van der Waals surface area contributed by atoms with E-state index in [1.807, 2.05) is 36.2 Å². The number of carbonyl (C=O) groups is 1. The van der Waals surface area contributed by atoms with Gasteiger partial charge in [-0.05, 0) is 49.1 Å². The molecule has 1 amide bonds. The number of nitrogens with zero attached hydrogens (tertiary/aromatic N) is 3. The number of hydrogen-bond donors (Lipinski definition) is 2. The number of carbonyl (C=O) groups excluding carboxylic acids is 1. The van der Waals surface area contributed by atoms with Crippen LogP contribution in [-0.2, 0) is 13.5 Å². The Balaban J connectivity index is 1.57. The van der Waals surface area contributed by atoms with Crippen LogP contribution in [0.15, 0.2) is 42.5 Å². The van der Waals surface area contributed by atoms with Crippen molar-refractivity contribution >= 4 is 27.8 Å². The molecule has 1 aliphatic rings. The SMILES string of the molecule is CCc1c(-c2nc3cc(C(=O)N4CCC[C@@H](N)C4)ccc3n2C)[nH]c2ccccc12. The number of rotatable bonds is 3. The largest absolute Gasteiger partial charge is 0.352 e. The first-order valence-corrected chi connectivity index (χ1v) is 10.7. The number of nitrogens with two attached hydrogens (primary N) is 1. The van der Waals surface area contributed by atoms with Gasteiger partial charge in [0.2, 0.25) is 0 Å². The number of para-hydroxylation sites is 1. The average molecular weight is 402 g/mol. The smallest absolute Gasteiger partial charge is 0.253 e. The molecule has 0 radical (unpaired) electrons. The van der Waals surface area contributed by atoms with Crippen LogP contribution >= 0.6 is 0 Å². The number of piperidine rings is 1. The Labute approximate surface area is 175 Å². The molecular weight excluding hydrogens is 374 g/mol. The minimum absolute atomic E-state index is 0.0408. The summed E-state index contributed by atoms with van der Waals surface area (Å²) in [4.78, 5) is 23.3. The molecule has 30 heavy (non-hydrogen) atoms. The van der Waals surface area contributed by atoms with Gasteiger partial charge in [0.1, 0.15) is 0 Å². The van der Waals surface area contributed by atoms with E-state index >= 15 is 0 Å². The average Bonchev–Trinajstić information content (AvgIpc) is 3.30. The summed E-state index contributed by atoms with van der Waals surface area (Å²) in [5, 5.41) is 1.24. The number of imidazole rings is 1. The molecule has 6 nitrogen and oxygen atoms in total. The highest BCUT2D eigenvalue weighted by Gasteiger charge is 2.23. The Hall–Kier alpha value is -3.12. The van der Waals surface area contributed by atoms with Crippen LogP contribution in [0.4, 0.5) is 0 Å². The number of benzene rings is 2. The van der Waals surface area contributed by atoms with Crippen molar-refractivity contribution in [1.82, 2.24) is 19.4 Å². The Morgan fingerprint density at radius 2 is 2.10 bits per heavy atom. The molecule has 4 aromatic rings. The van der Waals surface area contributed by atoms with Gasteiger partial charge in [0.25, 0.3) is 5.91 Å². The molecule has 5 rings (SSSR count). The van der Waals surface area contributed by atoms with E-state index in [2.05, 4.69) is 34.7 Å². The van der Waals surface area contributed by atoms with E-state index in [9.17, 15) is 4.79 Å². The minimum atomic E-state index is 0.0408. The lowest BCUT2D eigenvalue weighted by Crippen LogP contribution is -2.45. The minimum Gasteiger partial charge on any atom is -0.352 e. The molecule has 154 valence electrons. The molecular formula is C24H27N5O. The first kappa shape index (κ1) is 18.9. The van der Waals surface area contributed by atoms with Gasteiger partial charge in [-0.15, -0.1) is 0 Å². The summed E-state index contributed by atoms with van der Waals surface area (Å²) in [5.74, 6) is 0.932. The van der Waals surface area contributed by atoms with Crippen molar-refractivity contribution in [2.45, 2.75) is 32.2 Å². The highest BCUT2D eigenvalue weighted by atomic mass is 16.2. The Kier molecular flexibility index (Phi) is 4.59. The van der Waals surface area contributed by atoms with Gasteiger partial charge in [-0.3, -0.25) is 4.79 Å². The first-order valence-electron chi connectivity index (χ1n) is 10.7. The van der Waals surface area contributed by atoms with E-state index in [1.165, 1.54) is 10.9 Å². The molecule has 1 atom stereocenters. The zero-order chi connectivity index (χ0) is 20.8. The summed E-state index contributed by atoms with van der Waals surface area (Å²) < 4.78 is 2.10. The molecule has 1 aliphatic heterocycles. The van der Waals surface area contributed by atoms with Crippen molar-refractivity contribution in [3.63, 3.8) is 0 Å². The number of H-pyrrole nitrogens is 1. The lowest BCUT2D eigenvalue weighted by molar-refractivity contribution is 0.0709. The van der Waals surface area contributed by atoms with Gasteiger partial charge >= 0.3 is 0 Å². The maximum Gasteiger partial charge on any atom is 0.253 e. The van der Waals surface area contributed by atoms with Crippen LogP contribution in [0.3, 0.4) is 0 Å². The summed E-state index contributed by atoms with van der Waals surface area (Å²) in [6.07, 6.45) is 2.86. The van der Waals surface area contributed by atoms with Gasteiger partial charge in [-0.25, -0.2) is 4.98 Å². The van der Waals surface area contributed by atoms with Crippen LogP contribution in [0.5, 0.6) is 0 Å². The fraction of sp³-hybridized carbons (Fsp3) is 0.333. The van der Waals surface area contributed by atoms with E-state index < -0.39 is 0 Å². The van der Waals surface area contributed by atoms with Crippen molar-refractivity contribution in [2.75, 3.05) is 13.1 Å². The molecule has 0 unspecified atom stereocenters. The van der Waals surface area contributed by atoms with Crippen LogP contribution in [-0.4, -0.2) is 44.5 Å². The predicted octanol–water partition coefficient (Wildman–Crippen LogP) is 3.85. The van der Waals surface area contributed by atoms with Gasteiger partial charge in [0, 0.05) is 42.6 Å². The molecule has 6 heteroatoms. The number of hydrogen-bond acceptors (Lipinski definition) is 3. The molecule has 0 saturated carbocycles. The van der Waals surface area contributed by atoms with Crippen LogP contribution in [0, 0.1) is 0 Å². The van der Waals surface area contributed by atoms with Gasteiger partial charge in [-0.2, -0.15) is 0 Å². The van der Waals surface area contributed by atoms with Gasteiger partial charge < -0.3 is 20.2 Å². The van der Waals surface area contributed by atoms with E-state index in [0.29, 0.717) is 12.1 Å². The van der Waals surface area contributed by atoms with E-state index in [1.54, 1.807) is 0 Å². The molecule has 3 N–H and O–H groups in total. The zero-order valence-electron chi connectivity index (χ0n) is 17.5. The third-order valence-electron chi connectivity index (χ3n) is 6.26. The second kappa shape index (κ2) is 7.29. The Morgan fingerprint density at radius 1 is 1.27 bits per heavy atom. The Morgan fingerprint density at radius 3 is 2.90 bits per heavy atom. The third-order valence-corrected chi connectivity index (χ3v) is 6.26. The second-order valence-electron chi connectivity index (χ2n) is 8.23. The fourth-order valence-electron chi connectivity index (χ4n) is 4.69. The molecule has 1 fully saturated rings. The lowest BCUT2D eigenvalue weighted by Gasteiger charge is -2.30. The summed E-state index contributed by atoms with van der Waals surface area (Å²) >= 11 is 0. The topological polar surface area (TPSA) is 79.9 Å². The van der Waals surface area contributed by atoms with Crippen LogP contribution in [0.1, 0.15) is 35.7 Å². The highest BCUT2D eigenvalue weighted by Crippen LogP contribution is 2.32. The molecule has 0 bridgehead atoms. The van der Waals surface area contributed by atoms with Crippen molar-refractivity contribution in [3.8, 4) is 11.5 Å². The molecule has 2 aromatic heterocycles. The van der Waals surface area contributed by atoms with Crippen LogP contribution < -0.4 is 5.73 Å². The molecule has 2 aromatic carbocycles. The van der Waals surface area contributed by atoms with Gasteiger partial charge in [0.05, 0.1) is 16.7 Å². The van der Waals surface area contributed by atoms with Crippen LogP contribution in [0.25, 0.3) is 33.5 Å². The summed E-state index contributed by atoms with van der Waals surface area (Å²) in [7, 11) is 2.03. The number of likely N-dealkylation sites (tertiary alicyclic amines) is 1. The fourth-order valence-corrected chi connectivity index (χ4v) is 4.69. The zero-order valence-corrected chi connectivity index (χ0v) is 17.5. The maximum absolute atomic E-state index is 13.0. The number of aromatic amines is 1. The van der Waals surface area contributed by atoms with Gasteiger partial charge in [-0.1, -0.05) is 25.1 Å². The second-order valence-corrected chi connectivity index (χ2v) is 8.23. The molecule has 0 aliphatic carbocycles. The summed E-state index contributed by atoms with van der Waals surface area (Å²) in [6, 6.07) is 14.2. The predicted molar refractivity (Wildman–Crippen MR) is 120 cm³/mol. The number of fused-ring (bicyclic) bond motifs is 2. The normalized spacial score (nSPS) is 17.2. The van der Waals surface area contributed by atoms with E-state index in [-0.39, 0.29) is 11.9 Å². The molecule has 0 spiro atoms. The lowest BCUT2D eigenvalue weighted by atomic mass is 10.1. The Bertz CT molecular complexity index is 1250. The maximum atomic E-state index is 13.0. The van der Waals surface area contributed by atoms with Crippen molar-refractivity contribution < 1.29 is 4.79 Å². The monoisotopic (exact) mass is 401 g/mol. The summed E-state index contributed by atoms with van der Waals surface area (Å²) in [6.45, 7) is 3.56. The number of nitrogens with one attached hydrogen (secondary N) is 1. The summed E-state index contributed by atoms with van der Waals surface area (Å²) in [5.41, 5.74) is 12.0. The van der Waals surface area contributed by atoms with Crippen molar-refractivity contribution in [3.05, 3.63) is 53.6 Å². The number of aromatic nitrogens is 3. The van der Waals surface area contributed by atoms with Crippen LogP contribution in [0.2, 0.25) is 0 Å². The van der Waals surface area contributed by atoms with Crippen molar-refractivity contribution in [2.24, 2.45) is 12.8 Å².